The fraction of sp³-hybridized carbons (Fsp3) is 0.300. The van der Waals surface area contributed by atoms with Gasteiger partial charge in [-0.1, -0.05) is 23.7 Å². The van der Waals surface area contributed by atoms with E-state index in [2.05, 4.69) is 16.7 Å². The van der Waals surface area contributed by atoms with Crippen LogP contribution in [0.15, 0.2) is 36.4 Å². The average Bonchev–Trinajstić information content (AvgIpc) is 3.12. The third kappa shape index (κ3) is 4.61. The van der Waals surface area contributed by atoms with E-state index >= 15 is 0 Å². The third-order valence-electron chi connectivity index (χ3n) is 4.56. The molecule has 0 saturated carbocycles. The van der Waals surface area contributed by atoms with Crippen molar-refractivity contribution in [3.8, 4) is 5.75 Å². The first-order valence-corrected chi connectivity index (χ1v) is 9.19. The molecule has 1 aliphatic rings. The highest BCUT2D eigenvalue weighted by Gasteiger charge is 2.21. The lowest BCUT2D eigenvalue weighted by Gasteiger charge is -2.25. The smallest absolute Gasteiger partial charge is 0.313 e. The monoisotopic (exact) mass is 405 g/mol. The Bertz CT molecular complexity index is 904. The number of hydrogen-bond acceptors (Lipinski definition) is 4. The zero-order chi connectivity index (χ0) is 20.3. The largest absolute Gasteiger partial charge is 0.493 e. The third-order valence-corrected chi connectivity index (χ3v) is 4.85. The van der Waals surface area contributed by atoms with Crippen LogP contribution in [0.2, 0.25) is 5.02 Å². The number of carbonyl (C=O) groups excluding carboxylic acids is 2. The number of nitrogens with zero attached hydrogens (tertiary/aromatic N) is 1. The van der Waals surface area contributed by atoms with Crippen molar-refractivity contribution in [2.24, 2.45) is 0 Å². The van der Waals surface area contributed by atoms with Gasteiger partial charge in [0, 0.05) is 18.7 Å². The van der Waals surface area contributed by atoms with Gasteiger partial charge >= 0.3 is 11.8 Å². The zero-order valence-corrected chi connectivity index (χ0v) is 16.3. The van der Waals surface area contributed by atoms with E-state index < -0.39 is 17.6 Å². The van der Waals surface area contributed by atoms with Crippen LogP contribution < -0.4 is 15.4 Å². The number of anilines is 1. The fourth-order valence-electron chi connectivity index (χ4n) is 3.04. The SMILES string of the molecule is CN(C)[C@H](CNC(=O)C(=O)Nc1ccc(F)c(Cl)c1)c1ccc2c(c1)CCO2. The standard InChI is InChI=1S/C20H21ClFN3O3/c1-25(2)17(12-3-6-18-13(9-12)7-8-28-18)11-23-19(26)20(27)24-14-4-5-16(22)15(21)10-14/h3-6,9-10,17H,7-8,11H2,1-2H3,(H,23,26)(H,24,27)/t17-/m1/s1. The first-order chi connectivity index (χ1) is 13.3. The lowest BCUT2D eigenvalue weighted by molar-refractivity contribution is -0.136. The zero-order valence-electron chi connectivity index (χ0n) is 15.6. The number of fused-ring (bicyclic) bond motifs is 1. The molecule has 8 heteroatoms. The summed E-state index contributed by atoms with van der Waals surface area (Å²) < 4.78 is 18.7. The van der Waals surface area contributed by atoms with Gasteiger partial charge < -0.3 is 20.3 Å². The number of halogens is 2. The Morgan fingerprint density at radius 1 is 1.21 bits per heavy atom. The summed E-state index contributed by atoms with van der Waals surface area (Å²) in [5.74, 6) is -1.33. The van der Waals surface area contributed by atoms with Crippen LogP contribution in [0.5, 0.6) is 5.75 Å². The first kappa shape index (κ1) is 20.1. The predicted molar refractivity (Wildman–Crippen MR) is 105 cm³/mol. The molecule has 1 atom stereocenters. The molecule has 0 aromatic heterocycles. The van der Waals surface area contributed by atoms with Crippen molar-refractivity contribution >= 4 is 29.1 Å². The number of rotatable bonds is 5. The van der Waals surface area contributed by atoms with Crippen LogP contribution in [0, 0.1) is 5.82 Å². The first-order valence-electron chi connectivity index (χ1n) is 8.81. The molecule has 0 aliphatic carbocycles. The molecule has 1 heterocycles. The highest BCUT2D eigenvalue weighted by Crippen LogP contribution is 2.29. The summed E-state index contributed by atoms with van der Waals surface area (Å²) in [6.07, 6.45) is 0.859. The van der Waals surface area contributed by atoms with Crippen molar-refractivity contribution in [2.75, 3.05) is 32.6 Å². The molecule has 2 N–H and O–H groups in total. The molecule has 0 radical (unpaired) electrons. The van der Waals surface area contributed by atoms with Crippen LogP contribution in [-0.2, 0) is 16.0 Å². The van der Waals surface area contributed by atoms with Crippen molar-refractivity contribution < 1.29 is 18.7 Å². The summed E-state index contributed by atoms with van der Waals surface area (Å²) >= 11 is 5.68. The van der Waals surface area contributed by atoms with Gasteiger partial charge in [-0.2, -0.15) is 0 Å². The van der Waals surface area contributed by atoms with Crippen LogP contribution in [0.4, 0.5) is 10.1 Å². The van der Waals surface area contributed by atoms with Gasteiger partial charge in [0.1, 0.15) is 11.6 Å². The molecule has 2 aromatic carbocycles. The van der Waals surface area contributed by atoms with Crippen LogP contribution >= 0.6 is 11.6 Å². The van der Waals surface area contributed by atoms with Crippen molar-refractivity contribution in [1.82, 2.24) is 10.2 Å². The Balaban J connectivity index is 1.62. The van der Waals surface area contributed by atoms with E-state index in [0.29, 0.717) is 6.61 Å². The second kappa shape index (κ2) is 8.58. The number of likely N-dealkylation sites (N-methyl/N-ethyl adjacent to an activating group) is 1. The van der Waals surface area contributed by atoms with Gasteiger partial charge in [0.2, 0.25) is 0 Å². The minimum absolute atomic E-state index is 0.108. The summed E-state index contributed by atoms with van der Waals surface area (Å²) in [5, 5.41) is 4.92. The number of amides is 2. The van der Waals surface area contributed by atoms with Gasteiger partial charge in [-0.25, -0.2) is 4.39 Å². The van der Waals surface area contributed by atoms with Gasteiger partial charge in [0.05, 0.1) is 17.7 Å². The number of ether oxygens (including phenoxy) is 1. The van der Waals surface area contributed by atoms with Crippen molar-refractivity contribution in [1.29, 1.82) is 0 Å². The molecule has 1 aliphatic heterocycles. The Kier molecular flexibility index (Phi) is 6.16. The van der Waals surface area contributed by atoms with E-state index in [0.717, 1.165) is 29.4 Å². The minimum Gasteiger partial charge on any atom is -0.493 e. The number of nitrogens with one attached hydrogen (secondary N) is 2. The normalized spacial score (nSPS) is 13.6. The summed E-state index contributed by atoms with van der Waals surface area (Å²) in [6, 6.07) is 9.55. The molecule has 6 nitrogen and oxygen atoms in total. The molecule has 28 heavy (non-hydrogen) atoms. The number of carbonyl (C=O) groups is 2. The Morgan fingerprint density at radius 2 is 2.00 bits per heavy atom. The van der Waals surface area contributed by atoms with Gasteiger partial charge in [0.25, 0.3) is 0 Å². The van der Waals surface area contributed by atoms with E-state index in [1.165, 1.54) is 12.1 Å². The van der Waals surface area contributed by atoms with Gasteiger partial charge in [0.15, 0.2) is 0 Å². The Hall–Kier alpha value is -2.64. The molecule has 0 bridgehead atoms. The second-order valence-corrected chi connectivity index (χ2v) is 7.15. The summed E-state index contributed by atoms with van der Waals surface area (Å²) in [5.41, 5.74) is 2.41. The summed E-state index contributed by atoms with van der Waals surface area (Å²) in [4.78, 5) is 26.2. The number of benzene rings is 2. The maximum atomic E-state index is 13.2. The maximum Gasteiger partial charge on any atom is 0.313 e. The van der Waals surface area contributed by atoms with Crippen LogP contribution in [0.25, 0.3) is 0 Å². The molecule has 0 fully saturated rings. The lowest BCUT2D eigenvalue weighted by atomic mass is 10.0. The van der Waals surface area contributed by atoms with E-state index in [-0.39, 0.29) is 23.3 Å². The highest BCUT2D eigenvalue weighted by molar-refractivity contribution is 6.39. The number of hydrogen-bond donors (Lipinski definition) is 2. The molecule has 3 rings (SSSR count). The molecule has 0 saturated heterocycles. The van der Waals surface area contributed by atoms with Crippen molar-refractivity contribution in [3.05, 3.63) is 58.4 Å². The van der Waals surface area contributed by atoms with Crippen LogP contribution in [0.3, 0.4) is 0 Å². The molecule has 0 unspecified atom stereocenters. The van der Waals surface area contributed by atoms with E-state index in [1.807, 2.05) is 31.1 Å². The molecule has 2 amide bonds. The minimum atomic E-state index is -0.845. The van der Waals surface area contributed by atoms with E-state index in [1.54, 1.807) is 0 Å². The molecular weight excluding hydrogens is 385 g/mol. The Labute approximate surface area is 167 Å². The van der Waals surface area contributed by atoms with Gasteiger partial charge in [-0.15, -0.1) is 0 Å². The van der Waals surface area contributed by atoms with Crippen molar-refractivity contribution in [3.63, 3.8) is 0 Å². The maximum absolute atomic E-state index is 13.2. The van der Waals surface area contributed by atoms with E-state index in [9.17, 15) is 14.0 Å². The fourth-order valence-corrected chi connectivity index (χ4v) is 3.22. The molecule has 148 valence electrons. The lowest BCUT2D eigenvalue weighted by Crippen LogP contribution is -2.40. The second-order valence-electron chi connectivity index (χ2n) is 6.74. The molecule has 0 spiro atoms. The van der Waals surface area contributed by atoms with Crippen molar-refractivity contribution in [2.45, 2.75) is 12.5 Å². The molecule has 2 aromatic rings. The average molecular weight is 406 g/mol. The van der Waals surface area contributed by atoms with E-state index in [4.69, 9.17) is 16.3 Å². The predicted octanol–water partition coefficient (Wildman–Crippen LogP) is 2.77. The topological polar surface area (TPSA) is 70.7 Å². The Morgan fingerprint density at radius 3 is 2.71 bits per heavy atom. The van der Waals surface area contributed by atoms with Gasteiger partial charge in [-0.3, -0.25) is 9.59 Å². The quantitative estimate of drug-likeness (QED) is 0.750. The summed E-state index contributed by atoms with van der Waals surface area (Å²) in [6.45, 7) is 0.929. The van der Waals surface area contributed by atoms with Gasteiger partial charge in [-0.05, 0) is 49.5 Å². The molecular formula is C20H21ClFN3O3. The highest BCUT2D eigenvalue weighted by atomic mass is 35.5. The summed E-state index contributed by atoms with van der Waals surface area (Å²) in [7, 11) is 3.81. The van der Waals surface area contributed by atoms with Crippen LogP contribution in [-0.4, -0.2) is 44.0 Å². The van der Waals surface area contributed by atoms with Crippen LogP contribution in [0.1, 0.15) is 17.2 Å².